The summed E-state index contributed by atoms with van der Waals surface area (Å²) in [5.74, 6) is 0.322. The van der Waals surface area contributed by atoms with Gasteiger partial charge in [0, 0.05) is 26.8 Å². The molecule has 1 aromatic carbocycles. The number of hydrogen-bond acceptors (Lipinski definition) is 3. The lowest BCUT2D eigenvalue weighted by molar-refractivity contribution is -0.288. The highest BCUT2D eigenvalue weighted by Crippen LogP contribution is 2.39. The Balaban J connectivity index is 1.88. The molecule has 0 radical (unpaired) electrons. The van der Waals surface area contributed by atoms with Gasteiger partial charge >= 0.3 is 7.12 Å². The zero-order valence-corrected chi connectivity index (χ0v) is 16.9. The molecule has 1 aromatic heterocycles. The van der Waals surface area contributed by atoms with E-state index in [4.69, 9.17) is 20.9 Å². The number of halogens is 1. The molecular formula is C20H23BClO2S+. The average Bonchev–Trinajstić information content (AvgIpc) is 2.85. The molecule has 2 nitrogen and oxygen atoms in total. The molecule has 0 unspecified atom stereocenters. The van der Waals surface area contributed by atoms with Gasteiger partial charge in [0.25, 0.3) is 0 Å². The van der Waals surface area contributed by atoms with Crippen molar-refractivity contribution in [2.24, 2.45) is 5.92 Å². The van der Waals surface area contributed by atoms with Gasteiger partial charge in [-0.1, -0.05) is 25.2 Å². The van der Waals surface area contributed by atoms with E-state index in [2.05, 4.69) is 65.0 Å². The molecule has 0 saturated carbocycles. The van der Waals surface area contributed by atoms with Gasteiger partial charge in [-0.25, -0.2) is 0 Å². The van der Waals surface area contributed by atoms with Crippen molar-refractivity contribution in [2.45, 2.75) is 45.8 Å². The minimum atomic E-state index is -0.339. The molecule has 130 valence electrons. The molecule has 25 heavy (non-hydrogen) atoms. The highest BCUT2D eigenvalue weighted by Gasteiger charge is 2.52. The summed E-state index contributed by atoms with van der Waals surface area (Å²) in [6.45, 7) is 10.6. The van der Waals surface area contributed by atoms with Crippen LogP contribution in [0.5, 0.6) is 0 Å². The van der Waals surface area contributed by atoms with Gasteiger partial charge in [0.1, 0.15) is 0 Å². The largest absolute Gasteiger partial charge is 0.494 e. The lowest BCUT2D eigenvalue weighted by Crippen LogP contribution is -2.41. The number of benzene rings is 1. The van der Waals surface area contributed by atoms with Gasteiger partial charge < -0.3 is 9.31 Å². The molecule has 2 aliphatic rings. The van der Waals surface area contributed by atoms with Crippen molar-refractivity contribution in [2.75, 3.05) is 0 Å². The molecular weight excluding hydrogens is 351 g/mol. The highest BCUT2D eigenvalue weighted by molar-refractivity contribution is 7.17. The van der Waals surface area contributed by atoms with Crippen LogP contribution in [0.1, 0.15) is 34.6 Å². The maximum atomic E-state index is 6.28. The summed E-state index contributed by atoms with van der Waals surface area (Å²) in [5.41, 5.74) is 0.424. The maximum Gasteiger partial charge on any atom is 0.494 e. The second-order valence-corrected chi connectivity index (χ2v) is 9.52. The summed E-state index contributed by atoms with van der Waals surface area (Å²) in [6, 6.07) is 6.23. The third-order valence-electron chi connectivity index (χ3n) is 5.43. The fourth-order valence-electron chi connectivity index (χ4n) is 3.32. The second kappa shape index (κ2) is 5.72. The molecule has 1 saturated heterocycles. The molecule has 1 aliphatic carbocycles. The van der Waals surface area contributed by atoms with E-state index in [0.29, 0.717) is 5.92 Å². The van der Waals surface area contributed by atoms with Crippen LogP contribution in [-0.4, -0.2) is 18.3 Å². The van der Waals surface area contributed by atoms with Crippen LogP contribution < -0.4 is 9.75 Å². The van der Waals surface area contributed by atoms with Crippen molar-refractivity contribution >= 4 is 40.7 Å². The van der Waals surface area contributed by atoms with E-state index < -0.39 is 0 Å². The third-order valence-corrected chi connectivity index (χ3v) is 6.84. The maximum absolute atomic E-state index is 6.28. The minimum Gasteiger partial charge on any atom is -0.399 e. The average molecular weight is 374 g/mol. The fourth-order valence-corrected chi connectivity index (χ4v) is 4.72. The van der Waals surface area contributed by atoms with E-state index >= 15 is 0 Å². The molecule has 0 bridgehead atoms. The summed E-state index contributed by atoms with van der Waals surface area (Å²) < 4.78 is 15.1. The van der Waals surface area contributed by atoms with Crippen LogP contribution >= 0.6 is 11.3 Å². The Hall–Kier alpha value is -1.07. The van der Waals surface area contributed by atoms with E-state index in [1.165, 1.54) is 19.8 Å². The molecule has 2 aromatic rings. The molecule has 0 spiro atoms. The standard InChI is InChI=1S/C20H23BClO2S/c1-12-8-13(21-23-19(2,3)20(4,5)24-21)10-15-16-11-14(22)6-7-17(16)25-18(15)9-12/h6-12,22H,1-5H3/q+1/t12-/m0/s1. The molecule has 2 heterocycles. The number of thiophene rings is 1. The first-order chi connectivity index (χ1) is 11.7. The van der Waals surface area contributed by atoms with Crippen LogP contribution in [-0.2, 0) is 9.31 Å². The smallest absolute Gasteiger partial charge is 0.399 e. The topological polar surface area (TPSA) is 18.5 Å². The first-order valence-corrected chi connectivity index (χ1v) is 9.89. The number of rotatable bonds is 1. The van der Waals surface area contributed by atoms with Gasteiger partial charge in [-0.15, -0.1) is 11.3 Å². The number of hydrogen-bond donors (Lipinski definition) is 0. The fraction of sp³-hybridized carbons (Fsp3) is 0.400. The Kier molecular flexibility index (Phi) is 3.97. The Labute approximate surface area is 157 Å². The van der Waals surface area contributed by atoms with E-state index in [0.717, 1.165) is 10.5 Å². The molecule has 5 heteroatoms. The Morgan fingerprint density at radius 3 is 2.44 bits per heavy atom. The zero-order valence-electron chi connectivity index (χ0n) is 15.3. The van der Waals surface area contributed by atoms with Crippen molar-refractivity contribution in [3.63, 3.8) is 0 Å². The van der Waals surface area contributed by atoms with Crippen LogP contribution in [0.25, 0.3) is 22.2 Å². The second-order valence-electron chi connectivity index (χ2n) is 7.96. The quantitative estimate of drug-likeness (QED) is 0.714. The molecule has 4 rings (SSSR count). The van der Waals surface area contributed by atoms with Crippen molar-refractivity contribution in [1.82, 2.24) is 0 Å². The highest BCUT2D eigenvalue weighted by atomic mass is 35.5. The molecule has 0 amide bonds. The minimum absolute atomic E-state index is 0.322. The van der Waals surface area contributed by atoms with Gasteiger partial charge in [0.2, 0.25) is 5.02 Å². The summed E-state index contributed by atoms with van der Waals surface area (Å²) in [7, 11) is -0.339. The van der Waals surface area contributed by atoms with Crippen LogP contribution in [0.4, 0.5) is 0 Å². The lowest BCUT2D eigenvalue weighted by Gasteiger charge is -2.32. The SMILES string of the molecule is C[C@H]1C=C(B2OC(C)(C)C(C)(C)O2)C=c2c(sc3ccc([ClH+])cc23)=C1. The van der Waals surface area contributed by atoms with E-state index in [1.807, 2.05) is 17.4 Å². The van der Waals surface area contributed by atoms with Crippen molar-refractivity contribution < 1.29 is 20.9 Å². The molecule has 1 atom stereocenters. The van der Waals surface area contributed by atoms with Gasteiger partial charge in [-0.3, -0.25) is 0 Å². The van der Waals surface area contributed by atoms with Crippen molar-refractivity contribution in [1.29, 1.82) is 0 Å². The third kappa shape index (κ3) is 2.89. The van der Waals surface area contributed by atoms with Crippen molar-refractivity contribution in [3.05, 3.63) is 44.5 Å². The van der Waals surface area contributed by atoms with Crippen molar-refractivity contribution in [3.8, 4) is 0 Å². The normalized spacial score (nSPS) is 24.3. The molecule has 1 aliphatic heterocycles. The van der Waals surface area contributed by atoms with Crippen LogP contribution in [0, 0.1) is 17.5 Å². The summed E-state index contributed by atoms with van der Waals surface area (Å²) in [6.07, 6.45) is 6.79. The zero-order chi connectivity index (χ0) is 18.0. The molecule has 0 N–H and O–H groups in total. The first kappa shape index (κ1) is 17.4. The monoisotopic (exact) mass is 373 g/mol. The number of fused-ring (bicyclic) bond motifs is 3. The Morgan fingerprint density at radius 2 is 1.76 bits per heavy atom. The van der Waals surface area contributed by atoms with E-state index in [-0.39, 0.29) is 18.3 Å². The lowest BCUT2D eigenvalue weighted by atomic mass is 9.76. The predicted octanol–water partition coefficient (Wildman–Crippen LogP) is 3.37. The van der Waals surface area contributed by atoms with Crippen LogP contribution in [0.15, 0.2) is 29.7 Å². The van der Waals surface area contributed by atoms with Gasteiger partial charge in [-0.05, 0) is 50.4 Å². The van der Waals surface area contributed by atoms with E-state index in [9.17, 15) is 0 Å². The Bertz CT molecular complexity index is 987. The van der Waals surface area contributed by atoms with Gasteiger partial charge in [-0.2, -0.15) is 0 Å². The summed E-state index contributed by atoms with van der Waals surface area (Å²) >= 11 is 7.20. The van der Waals surface area contributed by atoms with Gasteiger partial charge in [0.15, 0.2) is 11.6 Å². The van der Waals surface area contributed by atoms with E-state index in [1.54, 1.807) is 0 Å². The number of allylic oxidation sites excluding steroid dienone is 2. The van der Waals surface area contributed by atoms with Gasteiger partial charge in [0.05, 0.1) is 11.2 Å². The van der Waals surface area contributed by atoms with Crippen LogP contribution in [0.3, 0.4) is 0 Å². The van der Waals surface area contributed by atoms with Crippen LogP contribution in [0.2, 0.25) is 5.02 Å². The Morgan fingerprint density at radius 1 is 1.08 bits per heavy atom. The summed E-state index contributed by atoms with van der Waals surface area (Å²) in [4.78, 5) is 0. The predicted molar refractivity (Wildman–Crippen MR) is 104 cm³/mol. The summed E-state index contributed by atoms with van der Waals surface area (Å²) in [5, 5.41) is 3.33. The molecule has 1 fully saturated rings. The first-order valence-electron chi connectivity index (χ1n) is 8.67.